The van der Waals surface area contributed by atoms with Crippen molar-refractivity contribution in [2.75, 3.05) is 24.7 Å². The van der Waals surface area contributed by atoms with E-state index in [2.05, 4.69) is 13.2 Å². The topological polar surface area (TPSA) is 96.4 Å². The second kappa shape index (κ2) is 13.3. The Bertz CT molecular complexity index is 1210. The van der Waals surface area contributed by atoms with Gasteiger partial charge in [0.05, 0.1) is 30.8 Å². The van der Waals surface area contributed by atoms with Crippen LogP contribution < -0.4 is 4.90 Å². The second-order valence-corrected chi connectivity index (χ2v) is 13.0. The van der Waals surface area contributed by atoms with Crippen LogP contribution in [0.2, 0.25) is 0 Å². The van der Waals surface area contributed by atoms with E-state index in [1.807, 2.05) is 58.9 Å². The summed E-state index contributed by atoms with van der Waals surface area (Å²) in [6.07, 6.45) is 7.99. The van der Waals surface area contributed by atoms with Crippen molar-refractivity contribution in [1.29, 1.82) is 0 Å². The van der Waals surface area contributed by atoms with Gasteiger partial charge >= 0.3 is 5.97 Å². The quantitative estimate of drug-likeness (QED) is 0.169. The molecule has 3 heterocycles. The van der Waals surface area contributed by atoms with Crippen molar-refractivity contribution >= 4 is 23.5 Å². The zero-order chi connectivity index (χ0) is 31.5. The van der Waals surface area contributed by atoms with Crippen LogP contribution in [-0.2, 0) is 23.9 Å². The number of likely N-dealkylation sites (tertiary alicyclic amines) is 1. The summed E-state index contributed by atoms with van der Waals surface area (Å²) < 4.78 is 12.7. The monoisotopic (exact) mass is 594 g/mol. The zero-order valence-corrected chi connectivity index (χ0v) is 26.6. The minimum atomic E-state index is -1.20. The Morgan fingerprint density at radius 3 is 2.47 bits per heavy atom. The van der Waals surface area contributed by atoms with Gasteiger partial charge in [-0.2, -0.15) is 0 Å². The number of unbranched alkanes of at least 4 members (excludes halogenated alkanes) is 2. The molecule has 236 valence electrons. The first-order valence-electron chi connectivity index (χ1n) is 15.9. The molecule has 0 radical (unpaired) electrons. The minimum absolute atomic E-state index is 0.164. The Morgan fingerprint density at radius 2 is 1.88 bits per heavy atom. The molecule has 1 aromatic rings. The predicted octanol–water partition coefficient (Wildman–Crippen LogP) is 5.28. The van der Waals surface area contributed by atoms with Gasteiger partial charge in [-0.15, -0.1) is 13.2 Å². The van der Waals surface area contributed by atoms with Crippen LogP contribution in [-0.4, -0.2) is 70.8 Å². The number of ether oxygens (including phenoxy) is 2. The highest BCUT2D eigenvalue weighted by molar-refractivity contribution is 6.05. The van der Waals surface area contributed by atoms with E-state index in [9.17, 15) is 19.5 Å². The van der Waals surface area contributed by atoms with Crippen LogP contribution in [0.3, 0.4) is 0 Å². The van der Waals surface area contributed by atoms with E-state index < -0.39 is 41.1 Å². The lowest BCUT2D eigenvalue weighted by Gasteiger charge is -2.40. The number of esters is 1. The number of hydrogen-bond acceptors (Lipinski definition) is 6. The maximum atomic E-state index is 15.0. The van der Waals surface area contributed by atoms with E-state index in [1.54, 1.807) is 15.9 Å². The van der Waals surface area contributed by atoms with E-state index in [4.69, 9.17) is 9.47 Å². The van der Waals surface area contributed by atoms with Crippen molar-refractivity contribution in [1.82, 2.24) is 4.90 Å². The van der Waals surface area contributed by atoms with Gasteiger partial charge in [0.2, 0.25) is 5.91 Å². The predicted molar refractivity (Wildman–Crippen MR) is 167 cm³/mol. The molecule has 1 aromatic carbocycles. The van der Waals surface area contributed by atoms with Gasteiger partial charge in [-0.1, -0.05) is 51.1 Å². The lowest BCUT2D eigenvalue weighted by atomic mass is 9.65. The first-order chi connectivity index (χ1) is 20.5. The number of rotatable bonds is 15. The number of carbonyl (C=O) groups excluding carboxylic acids is 3. The van der Waals surface area contributed by atoms with Gasteiger partial charge in [-0.3, -0.25) is 14.4 Å². The number of anilines is 1. The first-order valence-corrected chi connectivity index (χ1v) is 15.9. The number of aliphatic hydroxyl groups is 1. The molecule has 6 atom stereocenters. The molecule has 3 saturated heterocycles. The molecule has 2 bridgehead atoms. The molecule has 2 unspecified atom stereocenters. The van der Waals surface area contributed by atoms with E-state index in [1.165, 1.54) is 0 Å². The third kappa shape index (κ3) is 5.68. The average Bonchev–Trinajstić information content (AvgIpc) is 3.58. The fourth-order valence-electron chi connectivity index (χ4n) is 7.96. The standard InChI is InChI=1S/C35H50N2O6/c1-8-11-12-13-20-42-33(41)28-27-31(39)37(26(22-38)21-23(4)5)30(35(27)18-17-34(28,10-3)43-35)32(40)36(19-9-2)29-24(6)15-14-16-25(29)7/h8-9,14-16,23,26-28,30,38H,1-2,10-13,17-22H2,3-7H3/t26-,27+,28-,30?,34+,35?/m1/s1. The van der Waals surface area contributed by atoms with Gasteiger partial charge in [0.25, 0.3) is 5.91 Å². The largest absolute Gasteiger partial charge is 0.465 e. The van der Waals surface area contributed by atoms with Crippen LogP contribution in [0.25, 0.3) is 0 Å². The van der Waals surface area contributed by atoms with Crippen molar-refractivity contribution in [3.63, 3.8) is 0 Å². The first kappa shape index (κ1) is 32.9. The summed E-state index contributed by atoms with van der Waals surface area (Å²) in [5.41, 5.74) is 0.563. The number of hydrogen-bond donors (Lipinski definition) is 1. The van der Waals surface area contributed by atoms with Crippen LogP contribution in [0.5, 0.6) is 0 Å². The number of aliphatic hydroxyl groups excluding tert-OH is 1. The highest BCUT2D eigenvalue weighted by atomic mass is 16.6. The van der Waals surface area contributed by atoms with Crippen LogP contribution >= 0.6 is 0 Å². The third-order valence-electron chi connectivity index (χ3n) is 9.79. The number of amides is 2. The normalized spacial score (nSPS) is 28.2. The second-order valence-electron chi connectivity index (χ2n) is 13.0. The summed E-state index contributed by atoms with van der Waals surface area (Å²) in [4.78, 5) is 46.7. The molecule has 4 rings (SSSR count). The summed E-state index contributed by atoms with van der Waals surface area (Å²) >= 11 is 0. The molecule has 0 saturated carbocycles. The molecule has 8 nitrogen and oxygen atoms in total. The van der Waals surface area contributed by atoms with Crippen LogP contribution in [0.4, 0.5) is 5.69 Å². The number of allylic oxidation sites excluding steroid dienone is 1. The smallest absolute Gasteiger partial charge is 0.312 e. The van der Waals surface area contributed by atoms with Crippen LogP contribution in [0, 0.1) is 31.6 Å². The Hall–Kier alpha value is -2.97. The fourth-order valence-corrected chi connectivity index (χ4v) is 7.96. The minimum Gasteiger partial charge on any atom is -0.465 e. The lowest BCUT2D eigenvalue weighted by molar-refractivity contribution is -0.162. The van der Waals surface area contributed by atoms with Crippen molar-refractivity contribution < 1.29 is 29.0 Å². The van der Waals surface area contributed by atoms with Gasteiger partial charge < -0.3 is 24.4 Å². The number of para-hydroxylation sites is 1. The molecule has 43 heavy (non-hydrogen) atoms. The zero-order valence-electron chi connectivity index (χ0n) is 26.6. The van der Waals surface area contributed by atoms with E-state index in [-0.39, 0.29) is 37.5 Å². The fraction of sp³-hybridized carbons (Fsp3) is 0.629. The van der Waals surface area contributed by atoms with Gasteiger partial charge in [0.15, 0.2) is 0 Å². The van der Waals surface area contributed by atoms with Gasteiger partial charge in [0, 0.05) is 12.2 Å². The number of fused-ring (bicyclic) bond motifs is 1. The molecule has 3 fully saturated rings. The molecule has 3 aliphatic rings. The van der Waals surface area contributed by atoms with Crippen LogP contribution in [0.1, 0.15) is 76.8 Å². The number of benzene rings is 1. The summed E-state index contributed by atoms with van der Waals surface area (Å²) in [6, 6.07) is 4.28. The average molecular weight is 595 g/mol. The molecular weight excluding hydrogens is 544 g/mol. The molecular formula is C35H50N2O6. The maximum absolute atomic E-state index is 15.0. The highest BCUT2D eigenvalue weighted by Crippen LogP contribution is 2.65. The van der Waals surface area contributed by atoms with Crippen molar-refractivity contribution in [3.05, 3.63) is 54.6 Å². The maximum Gasteiger partial charge on any atom is 0.312 e. The number of aryl methyl sites for hydroxylation is 2. The third-order valence-corrected chi connectivity index (χ3v) is 9.79. The molecule has 0 aliphatic carbocycles. The Balaban J connectivity index is 1.82. The Kier molecular flexibility index (Phi) is 10.2. The van der Waals surface area contributed by atoms with Gasteiger partial charge in [-0.25, -0.2) is 0 Å². The van der Waals surface area contributed by atoms with Crippen LogP contribution in [0.15, 0.2) is 43.5 Å². The van der Waals surface area contributed by atoms with Gasteiger partial charge in [0.1, 0.15) is 17.6 Å². The molecule has 0 aromatic heterocycles. The highest BCUT2D eigenvalue weighted by Gasteiger charge is 2.79. The van der Waals surface area contributed by atoms with E-state index >= 15 is 0 Å². The van der Waals surface area contributed by atoms with Crippen molar-refractivity contribution in [3.8, 4) is 0 Å². The molecule has 8 heteroatoms. The van der Waals surface area contributed by atoms with E-state index in [0.717, 1.165) is 29.7 Å². The number of carbonyl (C=O) groups is 3. The summed E-state index contributed by atoms with van der Waals surface area (Å²) in [5.74, 6) is -2.53. The van der Waals surface area contributed by atoms with Crippen molar-refractivity contribution in [2.24, 2.45) is 17.8 Å². The summed E-state index contributed by atoms with van der Waals surface area (Å²) in [6.45, 7) is 17.8. The van der Waals surface area contributed by atoms with Gasteiger partial charge in [-0.05, 0) is 75.8 Å². The molecule has 1 spiro atoms. The SMILES string of the molecule is C=CCCCCOC(=O)[C@H]1[C@H]2C(=O)N([C@@H](CO)CC(C)C)C(C(=O)N(CC=C)c3c(C)cccc3C)C23CC[C@]1(CC)O3. The molecule has 1 N–H and O–H groups in total. The molecule has 2 amide bonds. The molecule has 3 aliphatic heterocycles. The Morgan fingerprint density at radius 1 is 1.19 bits per heavy atom. The van der Waals surface area contributed by atoms with E-state index in [0.29, 0.717) is 32.1 Å². The Labute approximate surface area is 257 Å². The lowest BCUT2D eigenvalue weighted by Crippen LogP contribution is -2.59. The summed E-state index contributed by atoms with van der Waals surface area (Å²) in [7, 11) is 0. The number of nitrogens with zero attached hydrogens (tertiary/aromatic N) is 2. The van der Waals surface area contributed by atoms with Crippen molar-refractivity contribution in [2.45, 2.75) is 103 Å². The summed E-state index contributed by atoms with van der Waals surface area (Å²) in [5, 5.41) is 10.6.